The zero-order valence-electron chi connectivity index (χ0n) is 16.6. The second-order valence-electron chi connectivity index (χ2n) is 7.97. The van der Waals surface area contributed by atoms with E-state index in [9.17, 15) is 31.9 Å². The Bertz CT molecular complexity index is 923. The molecule has 0 spiro atoms. The maximum absolute atomic E-state index is 13.6. The molecule has 168 valence electrons. The van der Waals surface area contributed by atoms with Crippen LogP contribution in [0.25, 0.3) is 0 Å². The number of benzene rings is 2. The van der Waals surface area contributed by atoms with Crippen LogP contribution in [0.5, 0.6) is 0 Å². The minimum atomic E-state index is -4.72. The summed E-state index contributed by atoms with van der Waals surface area (Å²) >= 11 is 0. The number of halogens is 5. The fraction of sp³-hybridized carbons (Fsp3) is 0.409. The van der Waals surface area contributed by atoms with Crippen molar-refractivity contribution in [3.8, 4) is 0 Å². The van der Waals surface area contributed by atoms with Gasteiger partial charge in [0.1, 0.15) is 5.60 Å². The Morgan fingerprint density at radius 3 is 2.29 bits per heavy atom. The van der Waals surface area contributed by atoms with E-state index >= 15 is 0 Å². The molecule has 4 nitrogen and oxygen atoms in total. The number of alkyl halides is 5. The van der Waals surface area contributed by atoms with Crippen molar-refractivity contribution in [2.45, 2.75) is 49.8 Å². The van der Waals surface area contributed by atoms with E-state index in [2.05, 4.69) is 5.32 Å². The van der Waals surface area contributed by atoms with Gasteiger partial charge >= 0.3 is 6.18 Å². The van der Waals surface area contributed by atoms with E-state index in [1.807, 2.05) is 0 Å². The number of nitrogens with two attached hydrogens (primary N) is 1. The van der Waals surface area contributed by atoms with Crippen LogP contribution in [0.15, 0.2) is 48.5 Å². The van der Waals surface area contributed by atoms with Crippen molar-refractivity contribution >= 4 is 17.3 Å². The summed E-state index contributed by atoms with van der Waals surface area (Å²) in [6.07, 6.45) is -5.99. The van der Waals surface area contributed by atoms with Gasteiger partial charge in [0.2, 0.25) is 5.92 Å². The van der Waals surface area contributed by atoms with Gasteiger partial charge in [-0.15, -0.1) is 0 Å². The normalized spacial score (nSPS) is 18.9. The van der Waals surface area contributed by atoms with Crippen LogP contribution in [0.1, 0.15) is 36.8 Å². The highest BCUT2D eigenvalue weighted by Gasteiger charge is 2.48. The molecule has 31 heavy (non-hydrogen) atoms. The van der Waals surface area contributed by atoms with Crippen LogP contribution in [0.3, 0.4) is 0 Å². The van der Waals surface area contributed by atoms with E-state index in [-0.39, 0.29) is 24.9 Å². The highest BCUT2D eigenvalue weighted by Crippen LogP contribution is 2.42. The van der Waals surface area contributed by atoms with Gasteiger partial charge in [0.15, 0.2) is 0 Å². The number of aliphatic hydroxyl groups is 1. The van der Waals surface area contributed by atoms with Crippen molar-refractivity contribution < 1.29 is 31.9 Å². The largest absolute Gasteiger partial charge is 0.418 e. The summed E-state index contributed by atoms with van der Waals surface area (Å²) in [5.74, 6) is -4.58. The third-order valence-corrected chi connectivity index (χ3v) is 5.72. The molecule has 0 aromatic heterocycles. The van der Waals surface area contributed by atoms with E-state index in [1.165, 1.54) is 6.07 Å². The first kappa shape index (κ1) is 23.0. The van der Waals surface area contributed by atoms with E-state index in [0.29, 0.717) is 11.6 Å². The van der Waals surface area contributed by atoms with Gasteiger partial charge in [0.25, 0.3) is 5.91 Å². The molecule has 1 amide bonds. The van der Waals surface area contributed by atoms with Crippen LogP contribution >= 0.6 is 0 Å². The Morgan fingerprint density at radius 2 is 1.71 bits per heavy atom. The predicted octanol–water partition coefficient (Wildman–Crippen LogP) is 5.03. The Kier molecular flexibility index (Phi) is 6.27. The Balaban J connectivity index is 1.89. The molecule has 1 saturated carbocycles. The van der Waals surface area contributed by atoms with Crippen molar-refractivity contribution in [2.75, 3.05) is 11.1 Å². The number of hydrogen-bond donors (Lipinski definition) is 3. The van der Waals surface area contributed by atoms with E-state index in [4.69, 9.17) is 5.73 Å². The lowest BCUT2D eigenvalue weighted by Crippen LogP contribution is -2.52. The van der Waals surface area contributed by atoms with E-state index < -0.39 is 53.6 Å². The molecule has 1 atom stereocenters. The fourth-order valence-electron chi connectivity index (χ4n) is 3.95. The Morgan fingerprint density at radius 1 is 1.10 bits per heavy atom. The average Bonchev–Trinajstić information content (AvgIpc) is 2.69. The number of nitrogen functional groups attached to an aromatic ring is 1. The lowest BCUT2D eigenvalue weighted by molar-refractivity contribution is -0.147. The lowest BCUT2D eigenvalue weighted by atomic mass is 9.72. The van der Waals surface area contributed by atoms with Gasteiger partial charge in [-0.05, 0) is 42.5 Å². The summed E-state index contributed by atoms with van der Waals surface area (Å²) in [6, 6.07) is 11.4. The molecule has 2 aromatic carbocycles. The molecular weight excluding hydrogens is 419 g/mol. The van der Waals surface area contributed by atoms with Crippen LogP contribution in [-0.4, -0.2) is 22.5 Å². The molecule has 0 heterocycles. The molecule has 0 radical (unpaired) electrons. The first-order valence-corrected chi connectivity index (χ1v) is 9.83. The third-order valence-electron chi connectivity index (χ3n) is 5.72. The molecule has 1 aliphatic carbocycles. The molecule has 0 bridgehead atoms. The van der Waals surface area contributed by atoms with Crippen LogP contribution in [0.2, 0.25) is 0 Å². The van der Waals surface area contributed by atoms with Gasteiger partial charge in [0, 0.05) is 30.6 Å². The minimum absolute atomic E-state index is 0.0840. The molecule has 1 fully saturated rings. The van der Waals surface area contributed by atoms with Crippen molar-refractivity contribution in [3.05, 3.63) is 59.7 Å². The Labute approximate surface area is 176 Å². The zero-order valence-corrected chi connectivity index (χ0v) is 16.6. The lowest BCUT2D eigenvalue weighted by Gasteiger charge is -2.39. The number of hydrogen-bond acceptors (Lipinski definition) is 3. The zero-order chi connectivity index (χ0) is 22.9. The SMILES string of the molecule is Nc1ccc(NC(=O)C(O)(Cc2ccccc2)C2CCC(F)(F)CC2)cc1C(F)(F)F. The summed E-state index contributed by atoms with van der Waals surface area (Å²) in [6.45, 7) is 0. The van der Waals surface area contributed by atoms with Crippen molar-refractivity contribution in [2.24, 2.45) is 5.92 Å². The molecule has 1 aliphatic rings. The van der Waals surface area contributed by atoms with Gasteiger partial charge in [-0.25, -0.2) is 8.78 Å². The standard InChI is InChI=1S/C22H23F5N2O2/c23-20(24)10-8-15(9-11-20)21(31,13-14-4-2-1-3-5-14)19(30)29-16-6-7-18(28)17(12-16)22(25,26)27/h1-7,12,15,31H,8-11,13,28H2,(H,29,30). The highest BCUT2D eigenvalue weighted by atomic mass is 19.4. The van der Waals surface area contributed by atoms with Crippen LogP contribution in [0, 0.1) is 5.92 Å². The minimum Gasteiger partial charge on any atom is -0.398 e. The summed E-state index contributed by atoms with van der Waals surface area (Å²) in [5.41, 5.74) is 2.10. The molecular formula is C22H23F5N2O2. The highest BCUT2D eigenvalue weighted by molar-refractivity contribution is 5.98. The molecule has 0 saturated heterocycles. The second kappa shape index (κ2) is 8.45. The quantitative estimate of drug-likeness (QED) is 0.449. The maximum Gasteiger partial charge on any atom is 0.418 e. The van der Waals surface area contributed by atoms with Crippen LogP contribution < -0.4 is 11.1 Å². The molecule has 9 heteroatoms. The van der Waals surface area contributed by atoms with Crippen LogP contribution in [-0.2, 0) is 17.4 Å². The number of carbonyl (C=O) groups is 1. The predicted molar refractivity (Wildman–Crippen MR) is 106 cm³/mol. The summed E-state index contributed by atoms with van der Waals surface area (Å²) in [4.78, 5) is 13.1. The maximum atomic E-state index is 13.6. The van der Waals surface area contributed by atoms with Gasteiger partial charge < -0.3 is 16.2 Å². The van der Waals surface area contributed by atoms with E-state index in [0.717, 1.165) is 6.07 Å². The van der Waals surface area contributed by atoms with Gasteiger partial charge in [-0.2, -0.15) is 13.2 Å². The van der Waals surface area contributed by atoms with Crippen LogP contribution in [0.4, 0.5) is 33.3 Å². The molecule has 1 unspecified atom stereocenters. The number of nitrogens with one attached hydrogen (secondary N) is 1. The average molecular weight is 442 g/mol. The molecule has 2 aromatic rings. The van der Waals surface area contributed by atoms with Gasteiger partial charge in [0.05, 0.1) is 5.56 Å². The smallest absolute Gasteiger partial charge is 0.398 e. The van der Waals surface area contributed by atoms with Gasteiger partial charge in [-0.1, -0.05) is 30.3 Å². The number of carbonyl (C=O) groups excluding carboxylic acids is 1. The molecule has 0 aliphatic heterocycles. The first-order chi connectivity index (χ1) is 14.4. The molecule has 4 N–H and O–H groups in total. The first-order valence-electron chi connectivity index (χ1n) is 9.83. The molecule has 3 rings (SSSR count). The van der Waals surface area contributed by atoms with Crippen molar-refractivity contribution in [1.82, 2.24) is 0 Å². The van der Waals surface area contributed by atoms with Crippen molar-refractivity contribution in [3.63, 3.8) is 0 Å². The number of rotatable bonds is 5. The van der Waals surface area contributed by atoms with Gasteiger partial charge in [-0.3, -0.25) is 4.79 Å². The fourth-order valence-corrected chi connectivity index (χ4v) is 3.95. The summed E-state index contributed by atoms with van der Waals surface area (Å²) in [5, 5.41) is 13.7. The summed E-state index contributed by atoms with van der Waals surface area (Å²) in [7, 11) is 0. The van der Waals surface area contributed by atoms with E-state index in [1.54, 1.807) is 30.3 Å². The topological polar surface area (TPSA) is 75.3 Å². The second-order valence-corrected chi connectivity index (χ2v) is 7.97. The number of amides is 1. The summed E-state index contributed by atoms with van der Waals surface area (Å²) < 4.78 is 66.7. The Hall–Kier alpha value is -2.68. The third kappa shape index (κ3) is 5.33. The van der Waals surface area contributed by atoms with Crippen molar-refractivity contribution in [1.29, 1.82) is 0 Å². The number of anilines is 2. The monoisotopic (exact) mass is 442 g/mol.